The number of nitrogens with one attached hydrogen (secondary N) is 1. The van der Waals surface area contributed by atoms with Gasteiger partial charge in [0.1, 0.15) is 11.0 Å². The summed E-state index contributed by atoms with van der Waals surface area (Å²) >= 11 is 0. The van der Waals surface area contributed by atoms with Crippen LogP contribution >= 0.6 is 0 Å². The van der Waals surface area contributed by atoms with Gasteiger partial charge in [-0.1, -0.05) is 54.6 Å². The molecule has 2 aliphatic heterocycles. The minimum absolute atomic E-state index is 0.239. The molecule has 0 bridgehead atoms. The fourth-order valence-corrected chi connectivity index (χ4v) is 6.28. The maximum atomic E-state index is 14.2. The number of para-hydroxylation sites is 1. The largest absolute Gasteiger partial charge is 0.324 e. The number of carbonyl (C=O) groups excluding carboxylic acids is 3. The fraction of sp³-hybridized carbons (Fsp3) is 0.240. The number of likely N-dealkylation sites (tertiary alicyclic amines) is 1. The lowest BCUT2D eigenvalue weighted by molar-refractivity contribution is -0.128. The summed E-state index contributed by atoms with van der Waals surface area (Å²) in [6.07, 6.45) is 6.69. The Balaban J connectivity index is 1.70. The van der Waals surface area contributed by atoms with Crippen LogP contribution in [0.3, 0.4) is 0 Å². The van der Waals surface area contributed by atoms with Crippen LogP contribution in [0.15, 0.2) is 60.7 Å². The van der Waals surface area contributed by atoms with Gasteiger partial charge in [-0.3, -0.25) is 19.3 Å². The van der Waals surface area contributed by atoms with Gasteiger partial charge in [-0.25, -0.2) is 0 Å². The van der Waals surface area contributed by atoms with Gasteiger partial charge in [0.05, 0.1) is 0 Å². The van der Waals surface area contributed by atoms with Crippen molar-refractivity contribution in [2.75, 3.05) is 18.9 Å². The predicted molar refractivity (Wildman–Crippen MR) is 112 cm³/mol. The molecule has 2 atom stereocenters. The molecule has 4 aliphatic rings. The second-order valence-electron chi connectivity index (χ2n) is 8.53. The third-order valence-electron chi connectivity index (χ3n) is 7.40. The molecule has 1 saturated heterocycles. The summed E-state index contributed by atoms with van der Waals surface area (Å²) in [6.45, 7) is 0.459. The molecule has 0 aromatic heterocycles. The molecule has 1 fully saturated rings. The molecule has 2 heterocycles. The van der Waals surface area contributed by atoms with E-state index in [9.17, 15) is 14.4 Å². The number of amides is 1. The van der Waals surface area contributed by atoms with Crippen LogP contribution in [-0.4, -0.2) is 36.0 Å². The van der Waals surface area contributed by atoms with Crippen molar-refractivity contribution in [3.8, 4) is 0 Å². The lowest BCUT2D eigenvalue weighted by Gasteiger charge is -2.43. The molecule has 6 rings (SSSR count). The topological polar surface area (TPSA) is 66.5 Å². The zero-order chi connectivity index (χ0) is 20.7. The maximum Gasteiger partial charge on any atom is 0.251 e. The number of rotatable bonds is 1. The molecular formula is C25H20N2O3. The van der Waals surface area contributed by atoms with Gasteiger partial charge >= 0.3 is 0 Å². The molecule has 0 unspecified atom stereocenters. The van der Waals surface area contributed by atoms with Gasteiger partial charge in [-0.15, -0.1) is 0 Å². The first kappa shape index (κ1) is 17.8. The first-order valence-corrected chi connectivity index (χ1v) is 10.2. The van der Waals surface area contributed by atoms with Crippen LogP contribution in [0.5, 0.6) is 0 Å². The van der Waals surface area contributed by atoms with Crippen LogP contribution in [0.1, 0.15) is 32.7 Å². The summed E-state index contributed by atoms with van der Waals surface area (Å²) in [5.41, 5.74) is -0.660. The van der Waals surface area contributed by atoms with E-state index >= 15 is 0 Å². The molecule has 0 saturated carbocycles. The lowest BCUT2D eigenvalue weighted by Crippen LogP contribution is -2.61. The minimum Gasteiger partial charge on any atom is -0.324 e. The van der Waals surface area contributed by atoms with Crippen LogP contribution in [0.4, 0.5) is 5.69 Å². The van der Waals surface area contributed by atoms with Gasteiger partial charge in [0.25, 0.3) is 5.91 Å². The minimum atomic E-state index is -1.51. The summed E-state index contributed by atoms with van der Waals surface area (Å²) in [5.74, 6) is -0.115. The summed E-state index contributed by atoms with van der Waals surface area (Å²) in [6, 6.07) is 14.4. The van der Waals surface area contributed by atoms with E-state index in [1.807, 2.05) is 54.8 Å². The number of ketones is 2. The molecule has 2 radical (unpaired) electrons. The van der Waals surface area contributed by atoms with Crippen molar-refractivity contribution in [3.63, 3.8) is 0 Å². The molecule has 1 N–H and O–H groups in total. The number of hydrogen-bond acceptors (Lipinski definition) is 4. The van der Waals surface area contributed by atoms with E-state index in [-0.39, 0.29) is 23.4 Å². The molecular weight excluding hydrogens is 376 g/mol. The number of nitrogens with zero attached hydrogens (tertiary/aromatic N) is 1. The van der Waals surface area contributed by atoms with Gasteiger partial charge in [0, 0.05) is 34.8 Å². The Labute approximate surface area is 174 Å². The number of benzene rings is 2. The Bertz CT molecular complexity index is 1120. The standard InChI is InChI=1S/C25H20N2O3/c1-27-14-19(15-8-2-3-9-15)24(21(28)16-10-4-5-11-17(16)22(24)29)25(27)18-12-6-7-13-20(18)26-23(25)30/h2-8,10-13,19H,9,14H2,1H3,(H,26,30)/t19-,25+/m0/s1. The average Bonchev–Trinajstić information content (AvgIpc) is 3.49. The molecule has 2 spiro atoms. The lowest BCUT2D eigenvalue weighted by atomic mass is 9.56. The zero-order valence-electron chi connectivity index (χ0n) is 16.5. The normalized spacial score (nSPS) is 29.2. The monoisotopic (exact) mass is 396 g/mol. The van der Waals surface area contributed by atoms with Crippen LogP contribution in [0, 0.1) is 23.7 Å². The highest BCUT2D eigenvalue weighted by molar-refractivity contribution is 6.34. The second-order valence-corrected chi connectivity index (χ2v) is 8.53. The number of carbonyl (C=O) groups is 3. The van der Waals surface area contributed by atoms with Crippen LogP contribution in [0.2, 0.25) is 0 Å². The Morgan fingerprint density at radius 1 is 0.967 bits per heavy atom. The number of Topliss-reactive ketones (excluding diaryl/α,β-unsaturated/α-hetero) is 2. The Morgan fingerprint density at radius 2 is 1.63 bits per heavy atom. The van der Waals surface area contributed by atoms with E-state index in [2.05, 4.69) is 5.32 Å². The van der Waals surface area contributed by atoms with E-state index in [1.54, 1.807) is 24.3 Å². The van der Waals surface area contributed by atoms with Crippen molar-refractivity contribution in [1.29, 1.82) is 0 Å². The molecule has 2 aromatic carbocycles. The highest BCUT2D eigenvalue weighted by Gasteiger charge is 2.79. The molecule has 5 heteroatoms. The first-order chi connectivity index (χ1) is 14.5. The highest BCUT2D eigenvalue weighted by Crippen LogP contribution is 2.66. The smallest absolute Gasteiger partial charge is 0.251 e. The number of anilines is 1. The van der Waals surface area contributed by atoms with Gasteiger partial charge in [0.2, 0.25) is 0 Å². The fourth-order valence-electron chi connectivity index (χ4n) is 6.28. The second kappa shape index (κ2) is 5.76. The summed E-state index contributed by atoms with van der Waals surface area (Å²) in [4.78, 5) is 44.0. The molecule has 2 aliphatic carbocycles. The van der Waals surface area contributed by atoms with E-state index in [4.69, 9.17) is 0 Å². The maximum absolute atomic E-state index is 14.2. The Hall–Kier alpha value is -3.05. The quantitative estimate of drug-likeness (QED) is 0.752. The van der Waals surface area contributed by atoms with E-state index < -0.39 is 11.0 Å². The molecule has 5 nitrogen and oxygen atoms in total. The van der Waals surface area contributed by atoms with Gasteiger partial charge in [-0.05, 0) is 31.9 Å². The Kier molecular flexibility index (Phi) is 3.41. The van der Waals surface area contributed by atoms with Crippen LogP contribution in [0.25, 0.3) is 0 Å². The van der Waals surface area contributed by atoms with E-state index in [0.29, 0.717) is 35.3 Å². The third kappa shape index (κ3) is 1.73. The van der Waals surface area contributed by atoms with Gasteiger partial charge in [-0.2, -0.15) is 0 Å². The average molecular weight is 396 g/mol. The number of allylic oxidation sites excluding steroid dienone is 2. The van der Waals surface area contributed by atoms with Crippen molar-refractivity contribution in [2.24, 2.45) is 11.3 Å². The van der Waals surface area contributed by atoms with Crippen molar-refractivity contribution >= 4 is 23.2 Å². The molecule has 2 aromatic rings. The van der Waals surface area contributed by atoms with E-state index in [1.165, 1.54) is 0 Å². The summed E-state index contributed by atoms with van der Waals surface area (Å²) < 4.78 is 0. The zero-order valence-corrected chi connectivity index (χ0v) is 16.5. The van der Waals surface area contributed by atoms with Crippen molar-refractivity contribution in [3.05, 3.63) is 89.7 Å². The molecule has 1 amide bonds. The highest BCUT2D eigenvalue weighted by atomic mass is 16.2. The van der Waals surface area contributed by atoms with E-state index in [0.717, 1.165) is 5.92 Å². The van der Waals surface area contributed by atoms with Gasteiger partial charge in [0.15, 0.2) is 11.6 Å². The van der Waals surface area contributed by atoms with Crippen molar-refractivity contribution in [1.82, 2.24) is 4.90 Å². The Morgan fingerprint density at radius 3 is 2.30 bits per heavy atom. The third-order valence-corrected chi connectivity index (χ3v) is 7.40. The number of likely N-dealkylation sites (N-methyl/N-ethyl adjacent to an activating group) is 1. The number of hydrogen-bond donors (Lipinski definition) is 1. The predicted octanol–water partition coefficient (Wildman–Crippen LogP) is 3.20. The molecule has 30 heavy (non-hydrogen) atoms. The summed E-state index contributed by atoms with van der Waals surface area (Å²) in [7, 11) is 1.86. The SMILES string of the molecule is CN1C[C@@H]([C]2[CH]C=CC2)C2(C(=O)c3ccccc3C2=O)[C@@]12C(=O)Nc1ccccc12. The summed E-state index contributed by atoms with van der Waals surface area (Å²) in [5, 5.41) is 2.97. The number of fused-ring (bicyclic) bond motifs is 4. The van der Waals surface area contributed by atoms with Crippen LogP contribution in [-0.2, 0) is 10.3 Å². The molecule has 148 valence electrons. The van der Waals surface area contributed by atoms with Gasteiger partial charge < -0.3 is 5.32 Å². The van der Waals surface area contributed by atoms with Crippen LogP contribution < -0.4 is 5.32 Å². The van der Waals surface area contributed by atoms with Crippen molar-refractivity contribution < 1.29 is 14.4 Å². The first-order valence-electron chi connectivity index (χ1n) is 10.2. The van der Waals surface area contributed by atoms with Crippen molar-refractivity contribution in [2.45, 2.75) is 12.0 Å².